The van der Waals surface area contributed by atoms with Crippen LogP contribution in [-0.2, 0) is 13.1 Å². The molecule has 4 aromatic rings. The number of halogens is 1. The van der Waals surface area contributed by atoms with Gasteiger partial charge in [-0.3, -0.25) is 4.79 Å². The lowest BCUT2D eigenvalue weighted by molar-refractivity contribution is 0.0765. The van der Waals surface area contributed by atoms with Crippen LogP contribution in [0.15, 0.2) is 79.1 Å². The van der Waals surface area contributed by atoms with E-state index in [2.05, 4.69) is 10.2 Å². The number of benzene rings is 3. The van der Waals surface area contributed by atoms with Gasteiger partial charge in [-0.2, -0.15) is 15.5 Å². The molecule has 0 radical (unpaired) electrons. The average Bonchev–Trinajstić information content (AvgIpc) is 3.17. The van der Waals surface area contributed by atoms with Crippen LogP contribution in [0.2, 0.25) is 0 Å². The van der Waals surface area contributed by atoms with Crippen molar-refractivity contribution in [2.75, 3.05) is 0 Å². The van der Waals surface area contributed by atoms with Crippen molar-refractivity contribution in [2.24, 2.45) is 0 Å². The van der Waals surface area contributed by atoms with Crippen molar-refractivity contribution in [3.63, 3.8) is 0 Å². The summed E-state index contributed by atoms with van der Waals surface area (Å²) in [6.45, 7) is 0.842. The van der Waals surface area contributed by atoms with Crippen molar-refractivity contribution < 1.29 is 13.9 Å². The van der Waals surface area contributed by atoms with E-state index in [-0.39, 0.29) is 23.0 Å². The maximum absolute atomic E-state index is 14.3. The summed E-state index contributed by atoms with van der Waals surface area (Å²) in [5.74, 6) is -0.792. The number of fused-ring (bicyclic) bond motifs is 1. The summed E-state index contributed by atoms with van der Waals surface area (Å²) in [5.41, 5.74) is 4.21. The second kappa shape index (κ2) is 8.52. The van der Waals surface area contributed by atoms with Gasteiger partial charge in [-0.05, 0) is 41.0 Å². The second-order valence-corrected chi connectivity index (χ2v) is 7.61. The first-order valence-corrected chi connectivity index (χ1v) is 10.3. The molecule has 1 amide bonds. The molecule has 0 N–H and O–H groups in total. The first-order valence-electron chi connectivity index (χ1n) is 10.3. The molecule has 0 spiro atoms. The van der Waals surface area contributed by atoms with E-state index >= 15 is 0 Å². The van der Waals surface area contributed by atoms with Crippen LogP contribution >= 0.6 is 0 Å². The number of carbonyl (C=O) groups is 1. The Bertz CT molecular complexity index is 1380. The highest BCUT2D eigenvalue weighted by Crippen LogP contribution is 2.36. The first-order chi connectivity index (χ1) is 16.1. The Hall–Kier alpha value is -4.57. The molecule has 3 aromatic carbocycles. The number of nitrogens with zero attached hydrogens (tertiary/aromatic N) is 4. The monoisotopic (exact) mass is 436 g/mol. The summed E-state index contributed by atoms with van der Waals surface area (Å²) in [5, 5.41) is 17.0. The maximum Gasteiger partial charge on any atom is 0.258 e. The lowest BCUT2D eigenvalue weighted by Gasteiger charge is -2.16. The fraction of sp³-hybridized carbons (Fsp3) is 0.0769. The van der Waals surface area contributed by atoms with Crippen molar-refractivity contribution in [3.8, 4) is 28.7 Å². The molecule has 2 heterocycles. The van der Waals surface area contributed by atoms with Gasteiger partial charge in [0.25, 0.3) is 5.91 Å². The Balaban J connectivity index is 1.38. The molecule has 1 aliphatic heterocycles. The van der Waals surface area contributed by atoms with Crippen LogP contribution in [0, 0.1) is 17.1 Å². The van der Waals surface area contributed by atoms with Crippen molar-refractivity contribution in [3.05, 3.63) is 107 Å². The Morgan fingerprint density at radius 3 is 2.58 bits per heavy atom. The number of para-hydroxylation sites is 1. The number of amides is 1. The highest BCUT2D eigenvalue weighted by Gasteiger charge is 2.31. The molecular weight excluding hydrogens is 419 g/mol. The van der Waals surface area contributed by atoms with Gasteiger partial charge in [0.15, 0.2) is 11.6 Å². The highest BCUT2D eigenvalue weighted by molar-refractivity contribution is 6.01. The van der Waals surface area contributed by atoms with Gasteiger partial charge in [0.05, 0.1) is 23.5 Å². The SMILES string of the molecule is N#Cc1cccc(F)c1Oc1cccc2c1C(=O)N(Cc1ccc(-c3ccnnc3)cc1)C2. The molecular formula is C26H17FN4O2. The van der Waals surface area contributed by atoms with Crippen LogP contribution in [0.3, 0.4) is 0 Å². The van der Waals surface area contributed by atoms with E-state index in [1.54, 1.807) is 29.4 Å². The molecule has 160 valence electrons. The zero-order valence-electron chi connectivity index (χ0n) is 17.4. The summed E-state index contributed by atoms with van der Waals surface area (Å²) in [6.07, 6.45) is 3.34. The van der Waals surface area contributed by atoms with Crippen LogP contribution in [0.25, 0.3) is 11.1 Å². The van der Waals surface area contributed by atoms with Gasteiger partial charge < -0.3 is 9.64 Å². The van der Waals surface area contributed by atoms with Gasteiger partial charge in [-0.1, -0.05) is 42.5 Å². The van der Waals surface area contributed by atoms with Gasteiger partial charge >= 0.3 is 0 Å². The van der Waals surface area contributed by atoms with E-state index in [9.17, 15) is 14.4 Å². The zero-order valence-corrected chi connectivity index (χ0v) is 17.4. The molecule has 0 bridgehead atoms. The lowest BCUT2D eigenvalue weighted by atomic mass is 10.1. The van der Waals surface area contributed by atoms with Crippen LogP contribution in [0.1, 0.15) is 27.0 Å². The molecule has 1 aliphatic rings. The molecule has 5 rings (SSSR count). The minimum atomic E-state index is -0.654. The molecule has 0 atom stereocenters. The number of carbonyl (C=O) groups excluding carboxylic acids is 1. The summed E-state index contributed by atoms with van der Waals surface area (Å²) >= 11 is 0. The van der Waals surface area contributed by atoms with E-state index < -0.39 is 5.82 Å². The summed E-state index contributed by atoms with van der Waals surface area (Å²) in [7, 11) is 0. The third kappa shape index (κ3) is 3.90. The van der Waals surface area contributed by atoms with Crippen LogP contribution < -0.4 is 4.74 Å². The predicted molar refractivity (Wildman–Crippen MR) is 119 cm³/mol. The number of ether oxygens (including phenoxy) is 1. The summed E-state index contributed by atoms with van der Waals surface area (Å²) in [4.78, 5) is 14.9. The van der Waals surface area contributed by atoms with Crippen molar-refractivity contribution in [1.29, 1.82) is 5.26 Å². The van der Waals surface area contributed by atoms with E-state index in [0.29, 0.717) is 18.7 Å². The topological polar surface area (TPSA) is 79.1 Å². The summed E-state index contributed by atoms with van der Waals surface area (Å²) < 4.78 is 20.1. The largest absolute Gasteiger partial charge is 0.452 e. The van der Waals surface area contributed by atoms with Crippen molar-refractivity contribution >= 4 is 5.91 Å². The fourth-order valence-electron chi connectivity index (χ4n) is 3.89. The first kappa shape index (κ1) is 20.3. The van der Waals surface area contributed by atoms with Crippen LogP contribution in [0.4, 0.5) is 4.39 Å². The standard InChI is InChI=1S/C26H17FN4O2/c27-22-5-1-3-19(13-28)25(22)33-23-6-2-4-21-16-31(26(32)24(21)23)15-17-7-9-18(10-8-17)20-11-12-29-30-14-20/h1-12,14H,15-16H2. The second-order valence-electron chi connectivity index (χ2n) is 7.61. The third-order valence-electron chi connectivity index (χ3n) is 5.52. The van der Waals surface area contributed by atoms with Gasteiger partial charge in [0.1, 0.15) is 11.8 Å². The Morgan fingerprint density at radius 2 is 1.82 bits per heavy atom. The number of hydrogen-bond donors (Lipinski definition) is 0. The lowest BCUT2D eigenvalue weighted by Crippen LogP contribution is -2.23. The molecule has 0 aliphatic carbocycles. The fourth-order valence-corrected chi connectivity index (χ4v) is 3.89. The zero-order chi connectivity index (χ0) is 22.8. The minimum Gasteiger partial charge on any atom is -0.452 e. The normalized spacial score (nSPS) is 12.4. The third-order valence-corrected chi connectivity index (χ3v) is 5.52. The van der Waals surface area contributed by atoms with E-state index in [4.69, 9.17) is 4.74 Å². The quantitative estimate of drug-likeness (QED) is 0.435. The smallest absolute Gasteiger partial charge is 0.258 e. The number of nitriles is 1. The van der Waals surface area contributed by atoms with Crippen molar-refractivity contribution in [1.82, 2.24) is 15.1 Å². The Kier molecular flexibility index (Phi) is 5.25. The molecule has 0 fully saturated rings. The van der Waals surface area contributed by atoms with Gasteiger partial charge in [0, 0.05) is 18.7 Å². The average molecular weight is 436 g/mol. The molecule has 33 heavy (non-hydrogen) atoms. The molecule has 6 nitrogen and oxygen atoms in total. The molecule has 0 saturated carbocycles. The number of aromatic nitrogens is 2. The van der Waals surface area contributed by atoms with Crippen LogP contribution in [0.5, 0.6) is 11.5 Å². The molecule has 7 heteroatoms. The van der Waals surface area contributed by atoms with Gasteiger partial charge in [-0.15, -0.1) is 0 Å². The number of rotatable bonds is 5. The minimum absolute atomic E-state index is 0.0689. The predicted octanol–water partition coefficient (Wildman–Crippen LogP) is 5.10. The van der Waals surface area contributed by atoms with Crippen molar-refractivity contribution in [2.45, 2.75) is 13.1 Å². The molecule has 0 unspecified atom stereocenters. The molecule has 1 aromatic heterocycles. The van der Waals surface area contributed by atoms with E-state index in [1.165, 1.54) is 18.2 Å². The Morgan fingerprint density at radius 1 is 1.00 bits per heavy atom. The molecule has 0 saturated heterocycles. The van der Waals surface area contributed by atoms with Gasteiger partial charge in [-0.25, -0.2) is 4.39 Å². The Labute approximate surface area is 189 Å². The van der Waals surface area contributed by atoms with E-state index in [0.717, 1.165) is 22.3 Å². The van der Waals surface area contributed by atoms with Gasteiger partial charge in [0.2, 0.25) is 0 Å². The highest BCUT2D eigenvalue weighted by atomic mass is 19.1. The van der Waals surface area contributed by atoms with E-state index in [1.807, 2.05) is 42.5 Å². The van der Waals surface area contributed by atoms with Crippen LogP contribution in [-0.4, -0.2) is 21.0 Å². The number of hydrogen-bond acceptors (Lipinski definition) is 5. The maximum atomic E-state index is 14.3. The summed E-state index contributed by atoms with van der Waals surface area (Å²) in [6, 6.07) is 21.1.